The highest BCUT2D eigenvalue weighted by atomic mass is 35.5. The molecular weight excluding hydrogens is 288 g/mol. The number of carbonyl (C=O) groups is 1. The van der Waals surface area contributed by atoms with E-state index in [2.05, 4.69) is 10.3 Å². The third kappa shape index (κ3) is 4.46. The Hall–Kier alpha value is -2.07. The summed E-state index contributed by atoms with van der Waals surface area (Å²) in [6, 6.07) is 10.7. The summed E-state index contributed by atoms with van der Waals surface area (Å²) >= 11 is 5.94. The van der Waals surface area contributed by atoms with E-state index in [-0.39, 0.29) is 5.56 Å². The molecule has 0 atom stereocenters. The summed E-state index contributed by atoms with van der Waals surface area (Å²) in [6.07, 6.45) is 1.68. The smallest absolute Gasteiger partial charge is 0.335 e. The number of anilines is 1. The molecule has 0 radical (unpaired) electrons. The molecule has 1 aromatic heterocycles. The molecule has 1 aromatic carbocycles. The Morgan fingerprint density at radius 2 is 2.14 bits per heavy atom. The lowest BCUT2D eigenvalue weighted by Gasteiger charge is -2.09. The number of nitrogens with one attached hydrogen (secondary N) is 1. The molecule has 0 spiro atoms. The van der Waals surface area contributed by atoms with Gasteiger partial charge >= 0.3 is 5.97 Å². The number of hydrogen-bond donors (Lipinski definition) is 2. The van der Waals surface area contributed by atoms with Crippen molar-refractivity contribution in [3.05, 3.63) is 58.2 Å². The number of aryl methyl sites for hydroxylation is 1. The number of carboxylic acids is 1. The predicted molar refractivity (Wildman–Crippen MR) is 84.0 cm³/mol. The topological polar surface area (TPSA) is 62.2 Å². The molecule has 4 nitrogen and oxygen atoms in total. The lowest BCUT2D eigenvalue weighted by molar-refractivity contribution is 0.0696. The van der Waals surface area contributed by atoms with Gasteiger partial charge in [-0.1, -0.05) is 37.1 Å². The maximum atomic E-state index is 11.2. The van der Waals surface area contributed by atoms with Gasteiger partial charge in [-0.25, -0.2) is 9.78 Å². The molecule has 0 aliphatic carbocycles. The Morgan fingerprint density at radius 3 is 2.81 bits per heavy atom. The second kappa shape index (κ2) is 7.09. The van der Waals surface area contributed by atoms with E-state index in [9.17, 15) is 4.79 Å². The molecule has 110 valence electrons. The van der Waals surface area contributed by atoms with Crippen LogP contribution in [0.4, 0.5) is 5.82 Å². The molecule has 1 heterocycles. The van der Waals surface area contributed by atoms with Crippen molar-refractivity contribution in [1.29, 1.82) is 0 Å². The summed E-state index contributed by atoms with van der Waals surface area (Å²) in [5, 5.41) is 13.0. The molecule has 0 saturated heterocycles. The monoisotopic (exact) mass is 304 g/mol. The summed E-state index contributed by atoms with van der Waals surface area (Å²) < 4.78 is 0. The molecule has 2 aromatic rings. The van der Waals surface area contributed by atoms with Gasteiger partial charge in [0.2, 0.25) is 0 Å². The molecule has 0 aliphatic heterocycles. The quantitative estimate of drug-likeness (QED) is 0.847. The molecular formula is C16H17ClN2O2. The van der Waals surface area contributed by atoms with Crippen LogP contribution in [0, 0.1) is 0 Å². The maximum absolute atomic E-state index is 11.2. The fourth-order valence-electron chi connectivity index (χ4n) is 2.03. The molecule has 0 aliphatic rings. The van der Waals surface area contributed by atoms with Gasteiger partial charge in [0.15, 0.2) is 0 Å². The van der Waals surface area contributed by atoms with Crippen LogP contribution in [0.1, 0.15) is 35.0 Å². The maximum Gasteiger partial charge on any atom is 0.335 e. The van der Waals surface area contributed by atoms with E-state index in [1.165, 1.54) is 0 Å². The second-order valence-corrected chi connectivity index (χ2v) is 5.21. The molecule has 21 heavy (non-hydrogen) atoms. The lowest BCUT2D eigenvalue weighted by Crippen LogP contribution is -2.06. The van der Waals surface area contributed by atoms with Crippen LogP contribution >= 0.6 is 11.6 Å². The number of benzene rings is 1. The Morgan fingerprint density at radius 1 is 1.33 bits per heavy atom. The van der Waals surface area contributed by atoms with Gasteiger partial charge in [-0.05, 0) is 36.2 Å². The van der Waals surface area contributed by atoms with Crippen LogP contribution in [0.15, 0.2) is 36.4 Å². The summed E-state index contributed by atoms with van der Waals surface area (Å²) in [4.78, 5) is 15.6. The molecule has 0 saturated carbocycles. The number of halogens is 1. The molecule has 0 bridgehead atoms. The van der Waals surface area contributed by atoms with Crippen LogP contribution in [0.3, 0.4) is 0 Å². The highest BCUT2D eigenvalue weighted by Gasteiger charge is 2.08. The number of hydrogen-bond acceptors (Lipinski definition) is 3. The van der Waals surface area contributed by atoms with Gasteiger partial charge < -0.3 is 10.4 Å². The van der Waals surface area contributed by atoms with E-state index in [0.717, 1.165) is 24.1 Å². The van der Waals surface area contributed by atoms with Crippen molar-refractivity contribution in [3.8, 4) is 0 Å². The Balaban J connectivity index is 2.16. The minimum absolute atomic E-state index is 0.252. The molecule has 2 rings (SSSR count). The summed E-state index contributed by atoms with van der Waals surface area (Å²) in [5.41, 5.74) is 2.05. The van der Waals surface area contributed by atoms with Gasteiger partial charge in [0, 0.05) is 17.3 Å². The molecule has 0 unspecified atom stereocenters. The standard InChI is InChI=1S/C16H17ClN2O2/c1-2-4-14-8-12(16(20)21)9-15(19-14)18-10-11-5-3-6-13(17)7-11/h3,5-9H,2,4,10H2,1H3,(H,18,19)(H,20,21). The van der Waals surface area contributed by atoms with Gasteiger partial charge in [-0.3, -0.25) is 0 Å². The number of carboxylic acid groups (broad SMARTS) is 1. The van der Waals surface area contributed by atoms with E-state index in [4.69, 9.17) is 16.7 Å². The van der Waals surface area contributed by atoms with Crippen molar-refractivity contribution in [2.75, 3.05) is 5.32 Å². The van der Waals surface area contributed by atoms with Crippen molar-refractivity contribution in [2.24, 2.45) is 0 Å². The zero-order valence-electron chi connectivity index (χ0n) is 11.8. The zero-order valence-corrected chi connectivity index (χ0v) is 12.5. The van der Waals surface area contributed by atoms with Crippen LogP contribution < -0.4 is 5.32 Å². The predicted octanol–water partition coefficient (Wildman–Crippen LogP) is 4.00. The van der Waals surface area contributed by atoms with E-state index >= 15 is 0 Å². The van der Waals surface area contributed by atoms with Crippen molar-refractivity contribution in [3.63, 3.8) is 0 Å². The number of rotatable bonds is 6. The fourth-order valence-corrected chi connectivity index (χ4v) is 2.24. The van der Waals surface area contributed by atoms with E-state index in [1.807, 2.05) is 31.2 Å². The molecule has 2 N–H and O–H groups in total. The first-order chi connectivity index (χ1) is 10.1. The van der Waals surface area contributed by atoms with Gasteiger partial charge in [0.05, 0.1) is 5.56 Å². The lowest BCUT2D eigenvalue weighted by atomic mass is 10.1. The largest absolute Gasteiger partial charge is 0.478 e. The average Bonchev–Trinajstić information content (AvgIpc) is 2.45. The summed E-state index contributed by atoms with van der Waals surface area (Å²) in [6.45, 7) is 2.58. The zero-order chi connectivity index (χ0) is 15.2. The van der Waals surface area contributed by atoms with E-state index < -0.39 is 5.97 Å². The normalized spacial score (nSPS) is 10.4. The van der Waals surface area contributed by atoms with E-state index in [0.29, 0.717) is 17.4 Å². The van der Waals surface area contributed by atoms with Crippen LogP contribution in [-0.4, -0.2) is 16.1 Å². The van der Waals surface area contributed by atoms with Gasteiger partial charge in [-0.15, -0.1) is 0 Å². The summed E-state index contributed by atoms with van der Waals surface area (Å²) in [7, 11) is 0. The minimum Gasteiger partial charge on any atom is -0.478 e. The number of pyridine rings is 1. The van der Waals surface area contributed by atoms with Crippen LogP contribution in [0.25, 0.3) is 0 Å². The molecule has 5 heteroatoms. The number of aromatic nitrogens is 1. The first-order valence-electron chi connectivity index (χ1n) is 6.81. The first kappa shape index (κ1) is 15.3. The molecule has 0 amide bonds. The van der Waals surface area contributed by atoms with Gasteiger partial charge in [0.25, 0.3) is 0 Å². The highest BCUT2D eigenvalue weighted by molar-refractivity contribution is 6.30. The van der Waals surface area contributed by atoms with Crippen molar-refractivity contribution in [2.45, 2.75) is 26.3 Å². The number of nitrogens with zero attached hydrogens (tertiary/aromatic N) is 1. The van der Waals surface area contributed by atoms with Crippen molar-refractivity contribution >= 4 is 23.4 Å². The van der Waals surface area contributed by atoms with Crippen LogP contribution in [-0.2, 0) is 13.0 Å². The average molecular weight is 305 g/mol. The first-order valence-corrected chi connectivity index (χ1v) is 7.19. The second-order valence-electron chi connectivity index (χ2n) is 4.77. The van der Waals surface area contributed by atoms with Gasteiger partial charge in [-0.2, -0.15) is 0 Å². The van der Waals surface area contributed by atoms with Crippen molar-refractivity contribution in [1.82, 2.24) is 4.98 Å². The van der Waals surface area contributed by atoms with Crippen molar-refractivity contribution < 1.29 is 9.90 Å². The molecule has 0 fully saturated rings. The fraction of sp³-hybridized carbons (Fsp3) is 0.250. The number of aromatic carboxylic acids is 1. The Kier molecular flexibility index (Phi) is 5.17. The SMILES string of the molecule is CCCc1cc(C(=O)O)cc(NCc2cccc(Cl)c2)n1. The Labute approximate surface area is 128 Å². The minimum atomic E-state index is -0.944. The highest BCUT2D eigenvalue weighted by Crippen LogP contribution is 2.15. The Bertz CT molecular complexity index is 644. The summed E-state index contributed by atoms with van der Waals surface area (Å²) in [5.74, 6) is -0.376. The third-order valence-electron chi connectivity index (χ3n) is 2.99. The van der Waals surface area contributed by atoms with Crippen LogP contribution in [0.2, 0.25) is 5.02 Å². The van der Waals surface area contributed by atoms with Gasteiger partial charge in [0.1, 0.15) is 5.82 Å². The third-order valence-corrected chi connectivity index (χ3v) is 3.23. The van der Waals surface area contributed by atoms with E-state index in [1.54, 1.807) is 12.1 Å². The van der Waals surface area contributed by atoms with Crippen LogP contribution in [0.5, 0.6) is 0 Å².